The molecule has 2 amide bonds. The molecule has 3 rings (SSSR count). The first kappa shape index (κ1) is 33.2. The summed E-state index contributed by atoms with van der Waals surface area (Å²) in [6, 6.07) is 17.0. The van der Waals surface area contributed by atoms with E-state index in [0.29, 0.717) is 31.8 Å². The number of ether oxygens (including phenoxy) is 2. The van der Waals surface area contributed by atoms with Crippen molar-refractivity contribution in [3.63, 3.8) is 0 Å². The lowest BCUT2D eigenvalue weighted by atomic mass is 10.0. The zero-order valence-corrected chi connectivity index (χ0v) is 25.0. The van der Waals surface area contributed by atoms with Crippen LogP contribution in [0, 0.1) is 5.82 Å². The molecule has 0 heterocycles. The molecule has 0 saturated heterocycles. The number of nitrogens with zero attached hydrogens (tertiary/aromatic N) is 1. The molecule has 0 saturated carbocycles. The molecule has 2 atom stereocenters. The zero-order valence-electron chi connectivity index (χ0n) is 25.0. The Balaban J connectivity index is 1.85. The van der Waals surface area contributed by atoms with E-state index in [4.69, 9.17) is 20.9 Å². The van der Waals surface area contributed by atoms with Gasteiger partial charge in [-0.25, -0.2) is 9.18 Å². The Labute approximate surface area is 252 Å². The van der Waals surface area contributed by atoms with Crippen LogP contribution >= 0.6 is 0 Å². The molecule has 0 aromatic heterocycles. The predicted molar refractivity (Wildman–Crippen MR) is 163 cm³/mol. The van der Waals surface area contributed by atoms with Gasteiger partial charge in [0.1, 0.15) is 17.7 Å². The van der Waals surface area contributed by atoms with Gasteiger partial charge in [0.05, 0.1) is 12.7 Å². The van der Waals surface area contributed by atoms with E-state index < -0.39 is 24.0 Å². The first-order valence-corrected chi connectivity index (χ1v) is 14.4. The van der Waals surface area contributed by atoms with Gasteiger partial charge in [0, 0.05) is 43.3 Å². The number of carbonyl (C=O) groups is 3. The molecule has 230 valence electrons. The average molecular weight is 593 g/mol. The van der Waals surface area contributed by atoms with Crippen molar-refractivity contribution < 1.29 is 28.2 Å². The van der Waals surface area contributed by atoms with E-state index >= 15 is 0 Å². The predicted octanol–water partition coefficient (Wildman–Crippen LogP) is 4.08. The van der Waals surface area contributed by atoms with Crippen LogP contribution in [0.3, 0.4) is 0 Å². The van der Waals surface area contributed by atoms with Crippen molar-refractivity contribution in [3.05, 3.63) is 100 Å². The van der Waals surface area contributed by atoms with Crippen LogP contribution in [-0.4, -0.2) is 61.6 Å². The Morgan fingerprint density at radius 1 is 0.907 bits per heavy atom. The lowest BCUT2D eigenvalue weighted by molar-refractivity contribution is 0.0238. The largest absolute Gasteiger partial charge is 0.497 e. The van der Waals surface area contributed by atoms with Gasteiger partial charge in [-0.1, -0.05) is 38.1 Å². The third kappa shape index (κ3) is 9.90. The van der Waals surface area contributed by atoms with Crippen LogP contribution in [0.25, 0.3) is 0 Å². The maximum atomic E-state index is 13.5. The number of nitrogens with two attached hydrogens (primary N) is 2. The zero-order chi connectivity index (χ0) is 31.4. The number of esters is 1. The van der Waals surface area contributed by atoms with Crippen molar-refractivity contribution in [2.75, 3.05) is 26.7 Å². The summed E-state index contributed by atoms with van der Waals surface area (Å²) in [4.78, 5) is 40.6. The van der Waals surface area contributed by atoms with E-state index in [-0.39, 0.29) is 35.0 Å². The second-order valence-corrected chi connectivity index (χ2v) is 10.4. The van der Waals surface area contributed by atoms with E-state index in [9.17, 15) is 18.8 Å². The Bertz CT molecular complexity index is 1380. The fraction of sp³-hybridized carbons (Fsp3) is 0.364. The molecular weight excluding hydrogens is 551 g/mol. The van der Waals surface area contributed by atoms with Gasteiger partial charge >= 0.3 is 5.97 Å². The molecular formula is C33H41FN4O5. The first-order chi connectivity index (χ1) is 20.6. The van der Waals surface area contributed by atoms with Crippen LogP contribution in [0.15, 0.2) is 66.7 Å². The Morgan fingerprint density at radius 2 is 1.56 bits per heavy atom. The van der Waals surface area contributed by atoms with Crippen molar-refractivity contribution in [3.8, 4) is 5.75 Å². The number of rotatable bonds is 16. The summed E-state index contributed by atoms with van der Waals surface area (Å²) in [5.41, 5.74) is 14.0. The normalized spacial score (nSPS) is 12.3. The maximum absolute atomic E-state index is 13.5. The molecule has 3 aromatic rings. The van der Waals surface area contributed by atoms with Crippen molar-refractivity contribution in [1.82, 2.24) is 10.2 Å². The van der Waals surface area contributed by atoms with Crippen LogP contribution < -0.4 is 21.5 Å². The smallest absolute Gasteiger partial charge is 0.338 e. The van der Waals surface area contributed by atoms with Gasteiger partial charge in [-0.05, 0) is 72.9 Å². The first-order valence-electron chi connectivity index (χ1n) is 14.4. The SMILES string of the molecule is CCCN(CCC)C(=O)c1cc(C(N)=O)cc(C(=O)O[C@H](CNCc2cccc(OC)c2)[C@@H](N)Cc2ccc(F)cc2)c1. The molecule has 0 spiro atoms. The van der Waals surface area contributed by atoms with Gasteiger partial charge < -0.3 is 31.2 Å². The fourth-order valence-electron chi connectivity index (χ4n) is 4.70. The quantitative estimate of drug-likeness (QED) is 0.213. The van der Waals surface area contributed by atoms with Gasteiger partial charge in [-0.3, -0.25) is 9.59 Å². The number of halogens is 1. The van der Waals surface area contributed by atoms with Crippen LogP contribution in [-0.2, 0) is 17.7 Å². The number of hydrogen-bond donors (Lipinski definition) is 3. The van der Waals surface area contributed by atoms with Crippen LogP contribution in [0.5, 0.6) is 5.75 Å². The fourth-order valence-corrected chi connectivity index (χ4v) is 4.70. The van der Waals surface area contributed by atoms with Gasteiger partial charge in [-0.2, -0.15) is 0 Å². The van der Waals surface area contributed by atoms with E-state index in [1.165, 1.54) is 30.3 Å². The number of methoxy groups -OCH3 is 1. The summed E-state index contributed by atoms with van der Waals surface area (Å²) in [5, 5.41) is 3.28. The summed E-state index contributed by atoms with van der Waals surface area (Å²) >= 11 is 0. The van der Waals surface area contributed by atoms with Gasteiger partial charge in [-0.15, -0.1) is 0 Å². The molecule has 0 aliphatic carbocycles. The maximum Gasteiger partial charge on any atom is 0.338 e. The van der Waals surface area contributed by atoms with Gasteiger partial charge in [0.25, 0.3) is 5.91 Å². The van der Waals surface area contributed by atoms with E-state index in [2.05, 4.69) is 5.32 Å². The monoisotopic (exact) mass is 592 g/mol. The molecule has 0 unspecified atom stereocenters. The topological polar surface area (TPSA) is 137 Å². The molecule has 5 N–H and O–H groups in total. The Morgan fingerprint density at radius 3 is 2.19 bits per heavy atom. The number of carbonyl (C=O) groups excluding carboxylic acids is 3. The van der Waals surface area contributed by atoms with E-state index in [1.54, 1.807) is 24.1 Å². The summed E-state index contributed by atoms with van der Waals surface area (Å²) in [6.07, 6.45) is 1.02. The molecule has 0 fully saturated rings. The van der Waals surface area contributed by atoms with E-state index in [0.717, 1.165) is 24.0 Å². The summed E-state index contributed by atoms with van der Waals surface area (Å²) in [6.45, 7) is 5.66. The van der Waals surface area contributed by atoms with Crippen molar-refractivity contribution in [1.29, 1.82) is 0 Å². The lowest BCUT2D eigenvalue weighted by Gasteiger charge is -2.25. The number of hydrogen-bond acceptors (Lipinski definition) is 7. The molecule has 43 heavy (non-hydrogen) atoms. The van der Waals surface area contributed by atoms with Crippen molar-refractivity contribution in [2.24, 2.45) is 11.5 Å². The number of primary amides is 1. The van der Waals surface area contributed by atoms with Gasteiger partial charge in [0.2, 0.25) is 5.91 Å². The highest BCUT2D eigenvalue weighted by atomic mass is 19.1. The average Bonchev–Trinajstić information content (AvgIpc) is 3.00. The lowest BCUT2D eigenvalue weighted by Crippen LogP contribution is -2.46. The summed E-state index contributed by atoms with van der Waals surface area (Å²) in [5.74, 6) is -1.48. The minimum atomic E-state index is -0.809. The standard InChI is InChI=1S/C33H41FN4O5/c1-4-13-38(14-5-2)32(40)25-17-24(31(36)39)18-26(19-25)33(41)43-30(29(35)16-22-9-11-27(34)12-10-22)21-37-20-23-7-6-8-28(15-23)42-3/h6-12,15,17-19,29-30,37H,4-5,13-14,16,20-21,35H2,1-3H3,(H2,36,39)/t29-,30+/m0/s1. The highest BCUT2D eigenvalue weighted by Crippen LogP contribution is 2.18. The highest BCUT2D eigenvalue weighted by Gasteiger charge is 2.25. The van der Waals surface area contributed by atoms with Crippen LogP contribution in [0.4, 0.5) is 4.39 Å². The molecule has 0 aliphatic rings. The highest BCUT2D eigenvalue weighted by molar-refractivity contribution is 6.03. The number of nitrogens with one attached hydrogen (secondary N) is 1. The summed E-state index contributed by atoms with van der Waals surface area (Å²) in [7, 11) is 1.59. The van der Waals surface area contributed by atoms with Crippen molar-refractivity contribution in [2.45, 2.75) is 51.8 Å². The van der Waals surface area contributed by atoms with Crippen molar-refractivity contribution >= 4 is 17.8 Å². The Kier molecular flexibility index (Phi) is 12.7. The summed E-state index contributed by atoms with van der Waals surface area (Å²) < 4.78 is 24.6. The van der Waals surface area contributed by atoms with E-state index in [1.807, 2.05) is 38.1 Å². The van der Waals surface area contributed by atoms with Gasteiger partial charge in [0.15, 0.2) is 0 Å². The second kappa shape index (κ2) is 16.4. The van der Waals surface area contributed by atoms with Crippen LogP contribution in [0.1, 0.15) is 68.9 Å². The third-order valence-corrected chi connectivity index (χ3v) is 6.90. The molecule has 0 bridgehead atoms. The van der Waals surface area contributed by atoms with Crippen LogP contribution in [0.2, 0.25) is 0 Å². The number of benzene rings is 3. The Hall–Kier alpha value is -4.28. The molecule has 0 aliphatic heterocycles. The minimum Gasteiger partial charge on any atom is -0.497 e. The number of amides is 2. The molecule has 0 radical (unpaired) electrons. The third-order valence-electron chi connectivity index (χ3n) is 6.90. The molecule has 3 aromatic carbocycles. The molecule has 9 nitrogen and oxygen atoms in total. The molecule has 10 heteroatoms. The minimum absolute atomic E-state index is 0.0133. The second-order valence-electron chi connectivity index (χ2n) is 10.4.